The van der Waals surface area contributed by atoms with Gasteiger partial charge in [-0.25, -0.2) is 0 Å². The molecule has 7 nitrogen and oxygen atoms in total. The molecule has 2 aromatic carbocycles. The summed E-state index contributed by atoms with van der Waals surface area (Å²) in [5.74, 6) is 0.847. The summed E-state index contributed by atoms with van der Waals surface area (Å²) >= 11 is 0. The molecule has 0 atom stereocenters. The number of benzene rings is 2. The molecule has 29 heavy (non-hydrogen) atoms. The average molecular weight is 392 g/mol. The van der Waals surface area contributed by atoms with Crippen molar-refractivity contribution < 1.29 is 14.1 Å². The van der Waals surface area contributed by atoms with Crippen molar-refractivity contribution in [1.29, 1.82) is 0 Å². The van der Waals surface area contributed by atoms with E-state index in [1.807, 2.05) is 54.6 Å². The summed E-state index contributed by atoms with van der Waals surface area (Å²) in [5, 5.41) is 4.00. The van der Waals surface area contributed by atoms with Crippen LogP contribution in [0.4, 0.5) is 0 Å². The highest BCUT2D eigenvalue weighted by Gasteiger charge is 2.17. The van der Waals surface area contributed by atoms with E-state index < -0.39 is 0 Å². The lowest BCUT2D eigenvalue weighted by atomic mass is 10.1. The highest BCUT2D eigenvalue weighted by atomic mass is 16.5. The monoisotopic (exact) mass is 392 g/mol. The van der Waals surface area contributed by atoms with E-state index in [2.05, 4.69) is 15.0 Å². The van der Waals surface area contributed by atoms with Crippen LogP contribution in [0.3, 0.4) is 0 Å². The zero-order valence-corrected chi connectivity index (χ0v) is 16.5. The number of ether oxygens (including phenoxy) is 1. The summed E-state index contributed by atoms with van der Waals surface area (Å²) < 4.78 is 10.7. The first-order valence-corrected chi connectivity index (χ1v) is 9.71. The maximum absolute atomic E-state index is 12.7. The summed E-state index contributed by atoms with van der Waals surface area (Å²) in [5.41, 5.74) is 2.71. The number of aromatic nitrogens is 2. The summed E-state index contributed by atoms with van der Waals surface area (Å²) in [6.07, 6.45) is 0. The van der Waals surface area contributed by atoms with Gasteiger partial charge in [0.15, 0.2) is 0 Å². The van der Waals surface area contributed by atoms with Crippen LogP contribution in [0.5, 0.6) is 0 Å². The van der Waals surface area contributed by atoms with Crippen LogP contribution in [0.25, 0.3) is 11.4 Å². The van der Waals surface area contributed by atoms with Gasteiger partial charge in [-0.3, -0.25) is 9.69 Å². The average Bonchev–Trinajstić information content (AvgIpc) is 3.23. The standard InChI is InChI=1S/C22H24N4O3/c1-25(16-20-23-21(24-29-20)18-5-3-2-4-6-18)22(27)19-9-7-17(8-10-19)15-26-11-13-28-14-12-26/h2-10H,11-16H2,1H3. The van der Waals surface area contributed by atoms with Crippen molar-refractivity contribution >= 4 is 5.91 Å². The molecule has 1 fully saturated rings. The number of hydrogen-bond donors (Lipinski definition) is 0. The quantitative estimate of drug-likeness (QED) is 0.642. The molecule has 1 aliphatic rings. The lowest BCUT2D eigenvalue weighted by molar-refractivity contribution is 0.0342. The van der Waals surface area contributed by atoms with Crippen molar-refractivity contribution in [3.05, 3.63) is 71.6 Å². The number of nitrogens with zero attached hydrogens (tertiary/aromatic N) is 4. The molecule has 0 N–H and O–H groups in total. The van der Waals surface area contributed by atoms with E-state index in [4.69, 9.17) is 9.26 Å². The molecule has 1 aromatic heterocycles. The van der Waals surface area contributed by atoms with Gasteiger partial charge in [0.05, 0.1) is 19.8 Å². The van der Waals surface area contributed by atoms with E-state index in [9.17, 15) is 4.79 Å². The van der Waals surface area contributed by atoms with Gasteiger partial charge in [0, 0.05) is 37.8 Å². The summed E-state index contributed by atoms with van der Waals surface area (Å²) in [7, 11) is 1.73. The van der Waals surface area contributed by atoms with Crippen LogP contribution in [0.15, 0.2) is 59.1 Å². The second kappa shape index (κ2) is 8.98. The Morgan fingerprint density at radius 3 is 2.52 bits per heavy atom. The third-order valence-electron chi connectivity index (χ3n) is 4.93. The topological polar surface area (TPSA) is 71.7 Å². The SMILES string of the molecule is CN(Cc1nc(-c2ccccc2)no1)C(=O)c1ccc(CN2CCOCC2)cc1. The van der Waals surface area contributed by atoms with Crippen LogP contribution in [-0.4, -0.2) is 59.2 Å². The predicted octanol–water partition coefficient (Wildman–Crippen LogP) is 2.84. The van der Waals surface area contributed by atoms with Gasteiger partial charge in [0.25, 0.3) is 5.91 Å². The zero-order chi connectivity index (χ0) is 20.1. The summed E-state index contributed by atoms with van der Waals surface area (Å²) in [6.45, 7) is 4.58. The fourth-order valence-corrected chi connectivity index (χ4v) is 3.29. The smallest absolute Gasteiger partial charge is 0.254 e. The van der Waals surface area contributed by atoms with Gasteiger partial charge in [0.1, 0.15) is 0 Å². The van der Waals surface area contributed by atoms with E-state index in [-0.39, 0.29) is 12.5 Å². The van der Waals surface area contributed by atoms with Crippen LogP contribution in [0, 0.1) is 0 Å². The molecule has 0 radical (unpaired) electrons. The van der Waals surface area contributed by atoms with E-state index in [0.29, 0.717) is 17.3 Å². The Morgan fingerprint density at radius 1 is 1.07 bits per heavy atom. The van der Waals surface area contributed by atoms with Gasteiger partial charge in [0.2, 0.25) is 11.7 Å². The molecule has 3 aromatic rings. The Bertz CT molecular complexity index is 934. The molecular weight excluding hydrogens is 368 g/mol. The minimum absolute atomic E-state index is 0.0811. The van der Waals surface area contributed by atoms with Crippen molar-refractivity contribution in [3.63, 3.8) is 0 Å². The van der Waals surface area contributed by atoms with Gasteiger partial charge in [-0.1, -0.05) is 47.6 Å². The molecule has 1 saturated heterocycles. The number of morpholine rings is 1. The lowest BCUT2D eigenvalue weighted by Gasteiger charge is -2.26. The molecular formula is C22H24N4O3. The molecule has 0 bridgehead atoms. The molecule has 7 heteroatoms. The molecule has 2 heterocycles. The van der Waals surface area contributed by atoms with Crippen LogP contribution >= 0.6 is 0 Å². The molecule has 0 unspecified atom stereocenters. The highest BCUT2D eigenvalue weighted by molar-refractivity contribution is 5.94. The van der Waals surface area contributed by atoms with E-state index >= 15 is 0 Å². The first-order chi connectivity index (χ1) is 14.2. The third kappa shape index (κ3) is 4.88. The van der Waals surface area contributed by atoms with Crippen LogP contribution in [-0.2, 0) is 17.8 Å². The Labute approximate surface area is 169 Å². The Morgan fingerprint density at radius 2 is 1.79 bits per heavy atom. The van der Waals surface area contributed by atoms with Crippen molar-refractivity contribution in [2.75, 3.05) is 33.4 Å². The molecule has 150 valence electrons. The number of carbonyl (C=O) groups is 1. The van der Waals surface area contributed by atoms with Crippen molar-refractivity contribution in [3.8, 4) is 11.4 Å². The van der Waals surface area contributed by atoms with Crippen LogP contribution in [0.2, 0.25) is 0 Å². The minimum Gasteiger partial charge on any atom is -0.379 e. The van der Waals surface area contributed by atoms with Crippen molar-refractivity contribution in [2.24, 2.45) is 0 Å². The molecule has 0 aliphatic carbocycles. The molecule has 0 spiro atoms. The highest BCUT2D eigenvalue weighted by Crippen LogP contribution is 2.16. The van der Waals surface area contributed by atoms with E-state index in [0.717, 1.165) is 38.4 Å². The first kappa shape index (κ1) is 19.3. The number of carbonyl (C=O) groups excluding carboxylic acids is 1. The van der Waals surface area contributed by atoms with Crippen LogP contribution in [0.1, 0.15) is 21.8 Å². The molecule has 1 amide bonds. The second-order valence-electron chi connectivity index (χ2n) is 7.12. The third-order valence-corrected chi connectivity index (χ3v) is 4.93. The normalized spacial score (nSPS) is 14.7. The maximum Gasteiger partial charge on any atom is 0.254 e. The molecule has 0 saturated carbocycles. The molecule has 4 rings (SSSR count). The predicted molar refractivity (Wildman–Crippen MR) is 108 cm³/mol. The van der Waals surface area contributed by atoms with Gasteiger partial charge in [-0.15, -0.1) is 0 Å². The van der Waals surface area contributed by atoms with Crippen LogP contribution < -0.4 is 0 Å². The second-order valence-corrected chi connectivity index (χ2v) is 7.12. The summed E-state index contributed by atoms with van der Waals surface area (Å²) in [4.78, 5) is 21.1. The number of rotatable bonds is 6. The Kier molecular flexibility index (Phi) is 5.97. The Hall–Kier alpha value is -3.03. The largest absolute Gasteiger partial charge is 0.379 e. The molecule has 1 aliphatic heterocycles. The summed E-state index contributed by atoms with van der Waals surface area (Å²) in [6, 6.07) is 17.4. The first-order valence-electron chi connectivity index (χ1n) is 9.71. The Balaban J connectivity index is 1.36. The maximum atomic E-state index is 12.7. The lowest BCUT2D eigenvalue weighted by Crippen LogP contribution is -2.35. The number of hydrogen-bond acceptors (Lipinski definition) is 6. The van der Waals surface area contributed by atoms with E-state index in [1.54, 1.807) is 11.9 Å². The fourth-order valence-electron chi connectivity index (χ4n) is 3.29. The fraction of sp³-hybridized carbons (Fsp3) is 0.318. The van der Waals surface area contributed by atoms with E-state index in [1.165, 1.54) is 5.56 Å². The van der Waals surface area contributed by atoms with Gasteiger partial charge < -0.3 is 14.2 Å². The minimum atomic E-state index is -0.0811. The van der Waals surface area contributed by atoms with Gasteiger partial charge >= 0.3 is 0 Å². The number of amides is 1. The van der Waals surface area contributed by atoms with Gasteiger partial charge in [-0.2, -0.15) is 4.98 Å². The van der Waals surface area contributed by atoms with Crippen molar-refractivity contribution in [2.45, 2.75) is 13.1 Å². The van der Waals surface area contributed by atoms with Crippen molar-refractivity contribution in [1.82, 2.24) is 19.9 Å². The zero-order valence-electron chi connectivity index (χ0n) is 16.5. The van der Waals surface area contributed by atoms with Gasteiger partial charge in [-0.05, 0) is 17.7 Å².